The number of hydrogen-bond donors (Lipinski definition) is 1. The van der Waals surface area contributed by atoms with E-state index >= 15 is 0 Å². The van der Waals surface area contributed by atoms with Gasteiger partial charge in [-0.15, -0.1) is 0 Å². The molecule has 0 spiro atoms. The fraction of sp³-hybridized carbons (Fsp3) is 0.357. The Morgan fingerprint density at radius 2 is 1.83 bits per heavy atom. The van der Waals surface area contributed by atoms with Gasteiger partial charge >= 0.3 is 5.97 Å². The third-order valence-electron chi connectivity index (χ3n) is 2.29. The molecule has 0 aromatic heterocycles. The molecule has 0 aliphatic rings. The van der Waals surface area contributed by atoms with Crippen LogP contribution in [0.5, 0.6) is 11.5 Å². The minimum atomic E-state index is -0.929. The first kappa shape index (κ1) is 14.1. The lowest BCUT2D eigenvalue weighted by Gasteiger charge is -2.11. The van der Waals surface area contributed by atoms with Crippen molar-refractivity contribution in [3.8, 4) is 11.5 Å². The Morgan fingerprint density at radius 1 is 1.22 bits per heavy atom. The third kappa shape index (κ3) is 3.80. The predicted molar refractivity (Wildman–Crippen MR) is 70.1 cm³/mol. The molecule has 1 aromatic rings. The Balaban J connectivity index is 3.06. The summed E-state index contributed by atoms with van der Waals surface area (Å²) < 4.78 is 10.9. The molecule has 1 aromatic carbocycles. The van der Waals surface area contributed by atoms with E-state index in [2.05, 4.69) is 0 Å². The van der Waals surface area contributed by atoms with Gasteiger partial charge in [-0.25, -0.2) is 4.79 Å². The van der Waals surface area contributed by atoms with Gasteiger partial charge < -0.3 is 14.6 Å². The molecule has 0 aliphatic carbocycles. The SMILES string of the molecule is CCOc1ccc(/C=C(\C)C(=O)O)cc1OCC. The van der Waals surface area contributed by atoms with Crippen LogP contribution in [0.4, 0.5) is 0 Å². The summed E-state index contributed by atoms with van der Waals surface area (Å²) in [6.45, 7) is 6.44. The first-order valence-corrected chi connectivity index (χ1v) is 5.89. The first-order chi connectivity index (χ1) is 8.58. The van der Waals surface area contributed by atoms with E-state index < -0.39 is 5.97 Å². The van der Waals surface area contributed by atoms with Crippen molar-refractivity contribution in [2.75, 3.05) is 13.2 Å². The summed E-state index contributed by atoms with van der Waals surface area (Å²) in [5.74, 6) is 0.373. The van der Waals surface area contributed by atoms with Crippen LogP contribution in [0.1, 0.15) is 26.3 Å². The largest absolute Gasteiger partial charge is 0.490 e. The molecule has 0 aliphatic heterocycles. The monoisotopic (exact) mass is 250 g/mol. The average molecular weight is 250 g/mol. The van der Waals surface area contributed by atoms with Gasteiger partial charge in [-0.1, -0.05) is 6.07 Å². The molecule has 0 radical (unpaired) electrons. The summed E-state index contributed by atoms with van der Waals surface area (Å²) in [5, 5.41) is 8.83. The van der Waals surface area contributed by atoms with E-state index in [-0.39, 0.29) is 5.57 Å². The number of ether oxygens (including phenoxy) is 2. The molecule has 1 rings (SSSR count). The first-order valence-electron chi connectivity index (χ1n) is 5.89. The maximum atomic E-state index is 10.8. The van der Waals surface area contributed by atoms with Gasteiger partial charge in [0.1, 0.15) is 0 Å². The summed E-state index contributed by atoms with van der Waals surface area (Å²) in [6.07, 6.45) is 1.60. The second-order valence-corrected chi connectivity index (χ2v) is 3.70. The maximum absolute atomic E-state index is 10.8. The van der Waals surface area contributed by atoms with Crippen LogP contribution in [0.25, 0.3) is 6.08 Å². The number of aliphatic carboxylic acids is 1. The van der Waals surface area contributed by atoms with Crippen molar-refractivity contribution < 1.29 is 19.4 Å². The second-order valence-electron chi connectivity index (χ2n) is 3.70. The number of hydrogen-bond acceptors (Lipinski definition) is 3. The van der Waals surface area contributed by atoms with Gasteiger partial charge in [-0.05, 0) is 44.5 Å². The van der Waals surface area contributed by atoms with E-state index in [0.717, 1.165) is 5.56 Å². The summed E-state index contributed by atoms with van der Waals surface area (Å²) in [4.78, 5) is 10.8. The zero-order chi connectivity index (χ0) is 13.5. The van der Waals surface area contributed by atoms with Gasteiger partial charge in [0.2, 0.25) is 0 Å². The zero-order valence-corrected chi connectivity index (χ0v) is 10.9. The van der Waals surface area contributed by atoms with E-state index in [9.17, 15) is 4.79 Å². The van der Waals surface area contributed by atoms with Crippen LogP contribution < -0.4 is 9.47 Å². The highest BCUT2D eigenvalue weighted by molar-refractivity contribution is 5.91. The molecule has 0 saturated carbocycles. The molecule has 0 atom stereocenters. The number of carboxylic acid groups (broad SMARTS) is 1. The van der Waals surface area contributed by atoms with Crippen LogP contribution >= 0.6 is 0 Å². The lowest BCUT2D eigenvalue weighted by atomic mass is 10.1. The van der Waals surface area contributed by atoms with Crippen molar-refractivity contribution in [3.05, 3.63) is 29.3 Å². The van der Waals surface area contributed by atoms with Crippen molar-refractivity contribution >= 4 is 12.0 Å². The fourth-order valence-electron chi connectivity index (χ4n) is 1.47. The van der Waals surface area contributed by atoms with Gasteiger partial charge in [0.05, 0.1) is 13.2 Å². The summed E-state index contributed by atoms with van der Waals surface area (Å²) in [7, 11) is 0. The Morgan fingerprint density at radius 3 is 2.39 bits per heavy atom. The third-order valence-corrected chi connectivity index (χ3v) is 2.29. The lowest BCUT2D eigenvalue weighted by Crippen LogP contribution is -1.99. The highest BCUT2D eigenvalue weighted by Crippen LogP contribution is 2.29. The molecule has 0 fully saturated rings. The molecular formula is C14H18O4. The highest BCUT2D eigenvalue weighted by Gasteiger charge is 2.06. The van der Waals surface area contributed by atoms with Crippen LogP contribution in [0.3, 0.4) is 0 Å². The van der Waals surface area contributed by atoms with Crippen molar-refractivity contribution in [3.63, 3.8) is 0 Å². The quantitative estimate of drug-likeness (QED) is 0.788. The van der Waals surface area contributed by atoms with Gasteiger partial charge in [0.25, 0.3) is 0 Å². The van der Waals surface area contributed by atoms with E-state index in [1.807, 2.05) is 13.8 Å². The zero-order valence-electron chi connectivity index (χ0n) is 10.9. The normalized spacial score (nSPS) is 11.2. The van der Waals surface area contributed by atoms with Crippen LogP contribution in [0, 0.1) is 0 Å². The van der Waals surface area contributed by atoms with Gasteiger partial charge in [-0.2, -0.15) is 0 Å². The molecule has 4 nitrogen and oxygen atoms in total. The molecule has 0 bridgehead atoms. The molecule has 0 unspecified atom stereocenters. The topological polar surface area (TPSA) is 55.8 Å². The van der Waals surface area contributed by atoms with Crippen LogP contribution in [0.2, 0.25) is 0 Å². The van der Waals surface area contributed by atoms with Crippen LogP contribution in [0.15, 0.2) is 23.8 Å². The number of carbonyl (C=O) groups is 1. The van der Waals surface area contributed by atoms with E-state index in [0.29, 0.717) is 24.7 Å². The Bertz CT molecular complexity index is 449. The summed E-state index contributed by atoms with van der Waals surface area (Å²) in [6, 6.07) is 5.37. The minimum Gasteiger partial charge on any atom is -0.490 e. The van der Waals surface area contributed by atoms with E-state index in [1.165, 1.54) is 0 Å². The van der Waals surface area contributed by atoms with Crippen molar-refractivity contribution in [2.45, 2.75) is 20.8 Å². The number of carboxylic acids is 1. The van der Waals surface area contributed by atoms with Gasteiger partial charge in [0, 0.05) is 5.57 Å². The lowest BCUT2D eigenvalue weighted by molar-refractivity contribution is -0.132. The molecule has 0 heterocycles. The molecule has 4 heteroatoms. The van der Waals surface area contributed by atoms with Crippen LogP contribution in [-0.2, 0) is 4.79 Å². The number of benzene rings is 1. The predicted octanol–water partition coefficient (Wildman–Crippen LogP) is 2.97. The Labute approximate surface area is 107 Å². The van der Waals surface area contributed by atoms with Gasteiger partial charge in [-0.3, -0.25) is 0 Å². The maximum Gasteiger partial charge on any atom is 0.331 e. The highest BCUT2D eigenvalue weighted by atomic mass is 16.5. The number of rotatable bonds is 6. The van der Waals surface area contributed by atoms with Crippen molar-refractivity contribution in [1.82, 2.24) is 0 Å². The molecular weight excluding hydrogens is 232 g/mol. The fourth-order valence-corrected chi connectivity index (χ4v) is 1.47. The minimum absolute atomic E-state index is 0.279. The van der Waals surface area contributed by atoms with E-state index in [4.69, 9.17) is 14.6 Å². The Hall–Kier alpha value is -1.97. The van der Waals surface area contributed by atoms with Crippen molar-refractivity contribution in [2.24, 2.45) is 0 Å². The molecule has 98 valence electrons. The summed E-state index contributed by atoms with van der Waals surface area (Å²) >= 11 is 0. The Kier molecular flexibility index (Phi) is 5.24. The second kappa shape index (κ2) is 6.69. The average Bonchev–Trinajstić information content (AvgIpc) is 2.33. The standard InChI is InChI=1S/C14H18O4/c1-4-17-12-7-6-11(8-10(3)14(15)16)9-13(12)18-5-2/h6-9H,4-5H2,1-3H3,(H,15,16)/b10-8+. The van der Waals surface area contributed by atoms with Crippen LogP contribution in [-0.4, -0.2) is 24.3 Å². The molecule has 1 N–H and O–H groups in total. The molecule has 18 heavy (non-hydrogen) atoms. The van der Waals surface area contributed by atoms with Gasteiger partial charge in [0.15, 0.2) is 11.5 Å². The summed E-state index contributed by atoms with van der Waals surface area (Å²) in [5.41, 5.74) is 1.06. The molecule has 0 amide bonds. The molecule has 0 saturated heterocycles. The van der Waals surface area contributed by atoms with E-state index in [1.54, 1.807) is 31.2 Å². The van der Waals surface area contributed by atoms with Crippen molar-refractivity contribution in [1.29, 1.82) is 0 Å². The smallest absolute Gasteiger partial charge is 0.331 e.